The van der Waals surface area contributed by atoms with Gasteiger partial charge in [-0.2, -0.15) is 17.5 Å². The zero-order valence-electron chi connectivity index (χ0n) is 16.1. The number of hydrogen-bond donors (Lipinski definition) is 0. The van der Waals surface area contributed by atoms with E-state index in [1.807, 2.05) is 0 Å². The molecule has 2 saturated heterocycles. The van der Waals surface area contributed by atoms with Gasteiger partial charge in [0.2, 0.25) is 10.0 Å². The van der Waals surface area contributed by atoms with E-state index in [9.17, 15) is 21.6 Å². The highest BCUT2D eigenvalue weighted by molar-refractivity contribution is 7.89. The summed E-state index contributed by atoms with van der Waals surface area (Å²) in [5, 5.41) is 0. The van der Waals surface area contributed by atoms with Gasteiger partial charge < -0.3 is 9.64 Å². The lowest BCUT2D eigenvalue weighted by molar-refractivity contribution is -0.141. The molecule has 3 heterocycles. The van der Waals surface area contributed by atoms with Crippen molar-refractivity contribution >= 4 is 10.0 Å². The molecule has 0 N–H and O–H groups in total. The van der Waals surface area contributed by atoms with E-state index < -0.39 is 21.9 Å². The number of alkyl halides is 3. The molecule has 2 aliphatic rings. The predicted octanol–water partition coefficient (Wildman–Crippen LogP) is 2.45. The second-order valence-corrected chi connectivity index (χ2v) is 9.37. The monoisotopic (exact) mass is 421 g/mol. The Balaban J connectivity index is 1.70. The van der Waals surface area contributed by atoms with Gasteiger partial charge in [-0.05, 0) is 44.2 Å². The van der Waals surface area contributed by atoms with Crippen LogP contribution in [0.5, 0.6) is 0 Å². The minimum absolute atomic E-state index is 0.0736. The number of sulfonamides is 1. The number of nitrogens with zero attached hydrogens (tertiary/aromatic N) is 3. The van der Waals surface area contributed by atoms with E-state index in [-0.39, 0.29) is 16.2 Å². The summed E-state index contributed by atoms with van der Waals surface area (Å²) >= 11 is 0. The van der Waals surface area contributed by atoms with Crippen molar-refractivity contribution in [3.63, 3.8) is 0 Å². The van der Waals surface area contributed by atoms with Gasteiger partial charge in [-0.1, -0.05) is 0 Å². The maximum atomic E-state index is 13.1. The van der Waals surface area contributed by atoms with Gasteiger partial charge in [0.15, 0.2) is 0 Å². The van der Waals surface area contributed by atoms with Gasteiger partial charge in [-0.3, -0.25) is 0 Å². The van der Waals surface area contributed by atoms with Crippen molar-refractivity contribution in [3.05, 3.63) is 23.0 Å². The van der Waals surface area contributed by atoms with E-state index in [4.69, 9.17) is 4.74 Å². The summed E-state index contributed by atoms with van der Waals surface area (Å²) in [7, 11) is -3.89. The number of rotatable bonds is 4. The Labute approximate surface area is 163 Å². The van der Waals surface area contributed by atoms with E-state index in [1.54, 1.807) is 0 Å². The first-order valence-electron chi connectivity index (χ1n) is 9.44. The maximum Gasteiger partial charge on any atom is 0.433 e. The number of pyridine rings is 1. The normalized spacial score (nSPS) is 21.2. The fourth-order valence-corrected chi connectivity index (χ4v) is 5.72. The molecule has 3 rings (SSSR count). The van der Waals surface area contributed by atoms with Crippen molar-refractivity contribution in [2.75, 3.05) is 45.9 Å². The minimum atomic E-state index is -4.60. The van der Waals surface area contributed by atoms with Gasteiger partial charge in [0.05, 0.1) is 5.69 Å². The van der Waals surface area contributed by atoms with Crippen LogP contribution in [-0.2, 0) is 20.9 Å². The molecule has 158 valence electrons. The van der Waals surface area contributed by atoms with Gasteiger partial charge >= 0.3 is 6.18 Å². The molecule has 0 spiro atoms. The number of halogens is 3. The molecule has 28 heavy (non-hydrogen) atoms. The summed E-state index contributed by atoms with van der Waals surface area (Å²) in [6.07, 6.45) is -2.56. The summed E-state index contributed by atoms with van der Waals surface area (Å²) < 4.78 is 71.6. The average Bonchev–Trinajstić information content (AvgIpc) is 2.61. The molecule has 2 fully saturated rings. The molecule has 2 aliphatic heterocycles. The molecule has 0 aromatic carbocycles. The van der Waals surface area contributed by atoms with Crippen molar-refractivity contribution in [2.24, 2.45) is 5.92 Å². The van der Waals surface area contributed by atoms with Crippen LogP contribution in [0.25, 0.3) is 0 Å². The summed E-state index contributed by atoms with van der Waals surface area (Å²) in [4.78, 5) is 5.65. The predicted molar refractivity (Wildman–Crippen MR) is 97.5 cm³/mol. The topological polar surface area (TPSA) is 62.7 Å². The molecule has 6 nitrogen and oxygen atoms in total. The average molecular weight is 421 g/mol. The second-order valence-electron chi connectivity index (χ2n) is 7.50. The summed E-state index contributed by atoms with van der Waals surface area (Å²) in [5.41, 5.74) is -1.11. The van der Waals surface area contributed by atoms with Crippen LogP contribution in [0.1, 0.15) is 29.8 Å². The molecule has 1 aromatic rings. The first-order valence-corrected chi connectivity index (χ1v) is 10.9. The Kier molecular flexibility index (Phi) is 6.33. The van der Waals surface area contributed by atoms with Crippen LogP contribution in [0.4, 0.5) is 13.2 Å². The van der Waals surface area contributed by atoms with E-state index in [1.165, 1.54) is 18.2 Å². The largest absolute Gasteiger partial charge is 0.433 e. The van der Waals surface area contributed by atoms with E-state index >= 15 is 0 Å². The zero-order chi connectivity index (χ0) is 20.5. The van der Waals surface area contributed by atoms with Crippen molar-refractivity contribution < 1.29 is 26.3 Å². The maximum absolute atomic E-state index is 13.1. The molecule has 0 radical (unpaired) electrons. The molecule has 0 bridgehead atoms. The SMILES string of the molecule is Cc1cc(C(F)(F)F)nc(C)c1S(=O)(=O)N1CCN(CC2CCOCC2)CC1. The molecular formula is C18H26F3N3O3S. The lowest BCUT2D eigenvalue weighted by Crippen LogP contribution is -2.50. The first kappa shape index (κ1) is 21.5. The zero-order valence-corrected chi connectivity index (χ0v) is 16.9. The van der Waals surface area contributed by atoms with Crippen molar-refractivity contribution in [1.82, 2.24) is 14.2 Å². The van der Waals surface area contributed by atoms with Gasteiger partial charge in [0.1, 0.15) is 10.6 Å². The smallest absolute Gasteiger partial charge is 0.381 e. The Morgan fingerprint density at radius 2 is 1.75 bits per heavy atom. The van der Waals surface area contributed by atoms with Gasteiger partial charge in [-0.25, -0.2) is 13.4 Å². The van der Waals surface area contributed by atoms with Crippen LogP contribution in [0.15, 0.2) is 11.0 Å². The van der Waals surface area contributed by atoms with E-state index in [2.05, 4.69) is 9.88 Å². The number of hydrogen-bond acceptors (Lipinski definition) is 5. The van der Waals surface area contributed by atoms with Crippen molar-refractivity contribution in [1.29, 1.82) is 0 Å². The number of aromatic nitrogens is 1. The number of aryl methyl sites for hydroxylation is 2. The van der Waals surface area contributed by atoms with Crippen LogP contribution < -0.4 is 0 Å². The second kappa shape index (κ2) is 8.25. The quantitative estimate of drug-likeness (QED) is 0.747. The van der Waals surface area contributed by atoms with Gasteiger partial charge in [-0.15, -0.1) is 0 Å². The molecular weight excluding hydrogens is 395 g/mol. The van der Waals surface area contributed by atoms with Gasteiger partial charge in [0, 0.05) is 45.9 Å². The third-order valence-corrected chi connectivity index (χ3v) is 7.58. The Morgan fingerprint density at radius 3 is 2.29 bits per heavy atom. The molecule has 1 aromatic heterocycles. The minimum Gasteiger partial charge on any atom is -0.381 e. The Hall–Kier alpha value is -1.23. The van der Waals surface area contributed by atoms with Gasteiger partial charge in [0.25, 0.3) is 0 Å². The Bertz CT molecular complexity index is 777. The van der Waals surface area contributed by atoms with Crippen LogP contribution in [-0.4, -0.2) is 68.5 Å². The first-order chi connectivity index (χ1) is 13.1. The van der Waals surface area contributed by atoms with Crippen LogP contribution in [0, 0.1) is 19.8 Å². The highest BCUT2D eigenvalue weighted by Gasteiger charge is 2.37. The summed E-state index contributed by atoms with van der Waals surface area (Å²) in [6.45, 7) is 7.06. The molecule has 0 amide bonds. The van der Waals surface area contributed by atoms with Crippen molar-refractivity contribution in [3.8, 4) is 0 Å². The summed E-state index contributed by atoms with van der Waals surface area (Å²) in [5.74, 6) is 0.570. The molecule has 10 heteroatoms. The molecule has 0 aliphatic carbocycles. The lowest BCUT2D eigenvalue weighted by atomic mass is 9.99. The molecule has 0 unspecified atom stereocenters. The van der Waals surface area contributed by atoms with E-state index in [0.29, 0.717) is 32.1 Å². The fourth-order valence-electron chi connectivity index (χ4n) is 3.93. The highest BCUT2D eigenvalue weighted by Crippen LogP contribution is 2.32. The third kappa shape index (κ3) is 4.67. The molecule has 0 saturated carbocycles. The number of ether oxygens (including phenoxy) is 1. The third-order valence-electron chi connectivity index (χ3n) is 5.40. The highest BCUT2D eigenvalue weighted by atomic mass is 32.2. The van der Waals surface area contributed by atoms with Crippen LogP contribution >= 0.6 is 0 Å². The summed E-state index contributed by atoms with van der Waals surface area (Å²) in [6, 6.07) is 0.807. The molecule has 0 atom stereocenters. The fraction of sp³-hybridized carbons (Fsp3) is 0.722. The van der Waals surface area contributed by atoms with Crippen LogP contribution in [0.3, 0.4) is 0 Å². The standard InChI is InChI=1S/C18H26F3N3O3S/c1-13-11-16(18(19,20)21)22-14(2)17(13)28(25,26)24-7-5-23(6-8-24)12-15-3-9-27-10-4-15/h11,15H,3-10,12H2,1-2H3. The van der Waals surface area contributed by atoms with Crippen molar-refractivity contribution in [2.45, 2.75) is 37.8 Å². The Morgan fingerprint density at radius 1 is 1.14 bits per heavy atom. The van der Waals surface area contributed by atoms with Crippen LogP contribution in [0.2, 0.25) is 0 Å². The van der Waals surface area contributed by atoms with E-state index in [0.717, 1.165) is 38.7 Å². The lowest BCUT2D eigenvalue weighted by Gasteiger charge is -2.36. The number of piperazine rings is 1.